The molecule has 3 rings (SSSR count). The molecule has 128 valence electrons. The van der Waals surface area contributed by atoms with Crippen LogP contribution in [-0.2, 0) is 16.9 Å². The van der Waals surface area contributed by atoms with Crippen LogP contribution in [0.15, 0.2) is 84.9 Å². The Hall–Kier alpha value is -0.840. The first-order valence-corrected chi connectivity index (χ1v) is 11.2. The Morgan fingerprint density at radius 1 is 0.769 bits per heavy atom. The molecule has 0 saturated carbocycles. The Labute approximate surface area is 180 Å². The maximum absolute atomic E-state index is 12.1. The molecule has 0 aliphatic heterocycles. The molecule has 0 fully saturated rings. The second-order valence-electron chi connectivity index (χ2n) is 5.65. The van der Waals surface area contributed by atoms with Crippen molar-refractivity contribution >= 4 is 18.1 Å². The minimum absolute atomic E-state index is 0. The topological polar surface area (TPSA) is 52.2 Å². The van der Waals surface area contributed by atoms with Crippen LogP contribution in [0.2, 0.25) is 0 Å². The number of nitrogens with one attached hydrogen (secondary N) is 1. The summed E-state index contributed by atoms with van der Waals surface area (Å²) in [5.74, 6) is 0.446. The molecule has 26 heavy (non-hydrogen) atoms. The summed E-state index contributed by atoms with van der Waals surface area (Å²) in [6.45, 7) is -3.37. The van der Waals surface area contributed by atoms with E-state index in [9.17, 15) is 9.46 Å². The van der Waals surface area contributed by atoms with Crippen molar-refractivity contribution in [2.75, 3.05) is 0 Å². The van der Waals surface area contributed by atoms with Crippen LogP contribution < -0.4 is 39.5 Å². The molecule has 3 nitrogen and oxygen atoms in total. The second-order valence-corrected chi connectivity index (χ2v) is 9.73. The van der Waals surface area contributed by atoms with Crippen LogP contribution in [0, 0.1) is 0 Å². The average molecular weight is 391 g/mol. The van der Waals surface area contributed by atoms with Crippen molar-refractivity contribution < 1.29 is 39.0 Å². The fraction of sp³-hybridized carbons (Fsp3) is 0.100. The van der Waals surface area contributed by atoms with Crippen LogP contribution >= 0.6 is 18.1 Å². The summed E-state index contributed by atoms with van der Waals surface area (Å²) in [5, 5.41) is 2.67. The number of hydrogen-bond acceptors (Lipinski definition) is 3. The van der Waals surface area contributed by atoms with Crippen LogP contribution in [-0.4, -0.2) is 0 Å². The van der Waals surface area contributed by atoms with E-state index in [1.807, 2.05) is 72.8 Å². The van der Waals surface area contributed by atoms with E-state index in [1.165, 1.54) is 0 Å². The maximum Gasteiger partial charge on any atom is 1.00 e. The van der Waals surface area contributed by atoms with Crippen LogP contribution in [0.1, 0.15) is 11.1 Å². The molecule has 0 spiro atoms. The fourth-order valence-corrected chi connectivity index (χ4v) is 4.82. The van der Waals surface area contributed by atoms with Crippen molar-refractivity contribution in [3.8, 4) is 11.1 Å². The van der Waals surface area contributed by atoms with E-state index in [-0.39, 0.29) is 29.6 Å². The van der Waals surface area contributed by atoms with Crippen molar-refractivity contribution in [2.45, 2.75) is 12.3 Å². The van der Waals surface area contributed by atoms with Gasteiger partial charge in [0.15, 0.2) is 0 Å². The smallest absolute Gasteiger partial charge is 0.780 e. The second kappa shape index (κ2) is 10.5. The van der Waals surface area contributed by atoms with Gasteiger partial charge in [-0.2, -0.15) is 0 Å². The average Bonchev–Trinajstić information content (AvgIpc) is 2.67. The van der Waals surface area contributed by atoms with Gasteiger partial charge in [-0.1, -0.05) is 96.3 Å². The molecular formula is C20H19NNaO2PS. The van der Waals surface area contributed by atoms with E-state index >= 15 is 0 Å². The third-order valence-corrected chi connectivity index (χ3v) is 6.92. The molecular weight excluding hydrogens is 372 g/mol. The molecule has 6 heteroatoms. The van der Waals surface area contributed by atoms with Crippen LogP contribution in [0.3, 0.4) is 0 Å². The summed E-state index contributed by atoms with van der Waals surface area (Å²) in [4.78, 5) is 12.1. The van der Waals surface area contributed by atoms with Crippen molar-refractivity contribution in [3.05, 3.63) is 96.1 Å². The van der Waals surface area contributed by atoms with Gasteiger partial charge in [0, 0.05) is 12.3 Å². The van der Waals surface area contributed by atoms with Gasteiger partial charge in [0.05, 0.1) is 0 Å². The summed E-state index contributed by atoms with van der Waals surface area (Å²) in [6, 6.07) is 27.6. The molecule has 0 aliphatic carbocycles. The van der Waals surface area contributed by atoms with E-state index in [0.29, 0.717) is 12.3 Å². The number of benzene rings is 3. The van der Waals surface area contributed by atoms with E-state index in [0.717, 1.165) is 33.6 Å². The molecule has 0 aromatic heterocycles. The minimum atomic E-state index is -3.68. The molecule has 3 aromatic carbocycles. The Morgan fingerprint density at radius 2 is 1.31 bits per heavy atom. The first kappa shape index (κ1) is 21.5. The van der Waals surface area contributed by atoms with Crippen LogP contribution in [0.5, 0.6) is 0 Å². The minimum Gasteiger partial charge on any atom is -0.780 e. The van der Waals surface area contributed by atoms with E-state index in [4.69, 9.17) is 0 Å². The SMILES string of the molecule is O=P([O-])(NCc1ccc(-c2ccccc2)cc1)SCc1ccccc1.[Na+]. The van der Waals surface area contributed by atoms with Crippen LogP contribution in [0.4, 0.5) is 0 Å². The first-order valence-electron chi connectivity index (χ1n) is 8.01. The van der Waals surface area contributed by atoms with Gasteiger partial charge in [0.2, 0.25) is 0 Å². The molecule has 0 aliphatic rings. The van der Waals surface area contributed by atoms with Gasteiger partial charge >= 0.3 is 29.6 Å². The normalized spacial score (nSPS) is 12.8. The molecule has 1 N–H and O–H groups in total. The quantitative estimate of drug-likeness (QED) is 0.493. The van der Waals surface area contributed by atoms with Gasteiger partial charge in [-0.3, -0.25) is 5.09 Å². The van der Waals surface area contributed by atoms with Gasteiger partial charge in [0.1, 0.15) is 6.72 Å². The summed E-state index contributed by atoms with van der Waals surface area (Å²) >= 11 is 0.940. The van der Waals surface area contributed by atoms with Gasteiger partial charge in [-0.25, -0.2) is 0 Å². The monoisotopic (exact) mass is 391 g/mol. The molecule has 1 atom stereocenters. The Balaban J connectivity index is 0.00000243. The maximum atomic E-state index is 12.1. The van der Waals surface area contributed by atoms with E-state index < -0.39 is 6.72 Å². The van der Waals surface area contributed by atoms with Gasteiger partial charge in [-0.15, -0.1) is 0 Å². The van der Waals surface area contributed by atoms with E-state index in [1.54, 1.807) is 0 Å². The summed E-state index contributed by atoms with van der Waals surface area (Å²) in [7, 11) is 0. The third kappa shape index (κ3) is 6.71. The molecule has 0 saturated heterocycles. The fourth-order valence-electron chi connectivity index (χ4n) is 2.41. The largest absolute Gasteiger partial charge is 1.00 e. The predicted molar refractivity (Wildman–Crippen MR) is 104 cm³/mol. The zero-order valence-corrected chi connectivity index (χ0v) is 18.4. The van der Waals surface area contributed by atoms with Gasteiger partial charge in [0.25, 0.3) is 0 Å². The molecule has 0 amide bonds. The Kier molecular flexibility index (Phi) is 8.65. The zero-order chi connectivity index (χ0) is 17.5. The molecule has 0 heterocycles. The van der Waals surface area contributed by atoms with Crippen molar-refractivity contribution in [1.29, 1.82) is 0 Å². The van der Waals surface area contributed by atoms with Gasteiger partial charge in [-0.05, 0) is 22.3 Å². The Bertz CT molecular complexity index is 845. The van der Waals surface area contributed by atoms with Crippen molar-refractivity contribution in [2.24, 2.45) is 0 Å². The number of hydrogen-bond donors (Lipinski definition) is 1. The molecule has 0 radical (unpaired) electrons. The predicted octanol–water partition coefficient (Wildman–Crippen LogP) is 1.85. The van der Waals surface area contributed by atoms with E-state index in [2.05, 4.69) is 17.2 Å². The third-order valence-electron chi connectivity index (χ3n) is 3.78. The summed E-state index contributed by atoms with van der Waals surface area (Å²) in [5.41, 5.74) is 4.21. The van der Waals surface area contributed by atoms with Crippen LogP contribution in [0.25, 0.3) is 11.1 Å². The standard InChI is InChI=1S/C20H20NO2PS.Na/c22-24(23,25-16-18-7-3-1-4-8-18)21-15-17-11-13-20(14-12-17)19-9-5-2-6-10-19;/h1-14H,15-16H2,(H2,21,22,23);/q;+1/p-1. The molecule has 3 aromatic rings. The Morgan fingerprint density at radius 3 is 1.92 bits per heavy atom. The molecule has 0 bridgehead atoms. The van der Waals surface area contributed by atoms with Crippen molar-refractivity contribution in [3.63, 3.8) is 0 Å². The first-order chi connectivity index (χ1) is 12.1. The number of rotatable bonds is 7. The summed E-state index contributed by atoms with van der Waals surface area (Å²) in [6.07, 6.45) is 0. The summed E-state index contributed by atoms with van der Waals surface area (Å²) < 4.78 is 12.1. The van der Waals surface area contributed by atoms with Gasteiger partial charge < -0.3 is 9.46 Å². The molecule has 1 unspecified atom stereocenters. The van der Waals surface area contributed by atoms with Crippen molar-refractivity contribution in [1.82, 2.24) is 5.09 Å². The zero-order valence-electron chi connectivity index (χ0n) is 14.7.